The fraction of sp³-hybridized carbons (Fsp3) is 0.0597. The number of fused-ring (bicyclic) bond motifs is 3. The third-order valence-electron chi connectivity index (χ3n) is 13.8. The van der Waals surface area contributed by atoms with E-state index in [4.69, 9.17) is 15.0 Å². The van der Waals surface area contributed by atoms with E-state index in [0.717, 1.165) is 87.4 Å². The Bertz CT molecular complexity index is 3610. The van der Waals surface area contributed by atoms with Crippen molar-refractivity contribution >= 4 is 21.8 Å². The predicted octanol–water partition coefficient (Wildman–Crippen LogP) is 16.5. The number of pyridine rings is 3. The van der Waals surface area contributed by atoms with E-state index in [1.54, 1.807) is 0 Å². The summed E-state index contributed by atoms with van der Waals surface area (Å²) in [6, 6.07) is 84.8. The first kappa shape index (κ1) is 43.3. The fourth-order valence-electron chi connectivity index (χ4n) is 10.1. The molecule has 0 fully saturated rings. The van der Waals surface area contributed by atoms with Crippen molar-refractivity contribution in [3.8, 4) is 72.8 Å². The van der Waals surface area contributed by atoms with Crippen LogP contribution < -0.4 is 0 Å². The van der Waals surface area contributed by atoms with Crippen molar-refractivity contribution in [1.29, 1.82) is 0 Å². The van der Waals surface area contributed by atoms with Crippen molar-refractivity contribution in [1.82, 2.24) is 19.5 Å². The van der Waals surface area contributed by atoms with E-state index in [1.165, 1.54) is 55.2 Å². The summed E-state index contributed by atoms with van der Waals surface area (Å²) in [5.74, 6) is 0. The molecule has 12 aromatic rings. The van der Waals surface area contributed by atoms with E-state index in [1.807, 2.05) is 24.5 Å². The van der Waals surface area contributed by atoms with Gasteiger partial charge in [-0.25, -0.2) is 0 Å². The average Bonchev–Trinajstić information content (AvgIpc) is 3.79. The summed E-state index contributed by atoms with van der Waals surface area (Å²) in [5.41, 5.74) is 21.7. The number of para-hydroxylation sites is 2. The molecule has 4 heteroatoms. The first-order valence-electron chi connectivity index (χ1n) is 24.6. The van der Waals surface area contributed by atoms with Gasteiger partial charge in [0.2, 0.25) is 0 Å². The Morgan fingerprint density at radius 1 is 0.268 bits per heavy atom. The average molecular weight is 911 g/mol. The lowest BCUT2D eigenvalue weighted by Crippen LogP contribution is -1.99. The summed E-state index contributed by atoms with van der Waals surface area (Å²) < 4.78 is 2.38. The Labute approximate surface area is 415 Å². The smallest absolute Gasteiger partial charge is 0.0708 e. The van der Waals surface area contributed by atoms with Gasteiger partial charge in [0.15, 0.2) is 0 Å². The summed E-state index contributed by atoms with van der Waals surface area (Å²) in [6.07, 6.45) is 9.71. The van der Waals surface area contributed by atoms with Crippen molar-refractivity contribution in [3.63, 3.8) is 0 Å². The highest BCUT2D eigenvalue weighted by atomic mass is 15.0. The van der Waals surface area contributed by atoms with E-state index >= 15 is 0 Å². The highest BCUT2D eigenvalue weighted by molar-refractivity contribution is 6.09. The highest BCUT2D eigenvalue weighted by Gasteiger charge is 2.18. The zero-order valence-corrected chi connectivity index (χ0v) is 39.4. The number of hydrogen-bond acceptors (Lipinski definition) is 3. The molecule has 71 heavy (non-hydrogen) atoms. The SMILES string of the molecule is c1ccc(-c2ccc(CCc3cc(CCc4ccc(-c5ccccc5)nc4)cc(-c4ccccc4-c4cnc(-c5ccccc5)cc4-c4ccc(-n5c6ccccc6c6ccccc65)cc4)c3)cn2)cc1. The maximum absolute atomic E-state index is 5.17. The molecule has 0 amide bonds. The van der Waals surface area contributed by atoms with Crippen LogP contribution in [0.4, 0.5) is 0 Å². The molecule has 0 bridgehead atoms. The van der Waals surface area contributed by atoms with E-state index in [9.17, 15) is 0 Å². The zero-order chi connectivity index (χ0) is 47.3. The minimum Gasteiger partial charge on any atom is -0.309 e. The molecule has 0 atom stereocenters. The molecule has 338 valence electrons. The standard InChI is InChI=1S/C67H50N4/c1-4-16-52(17-5-1)63-38-32-47(44-68-63)28-30-49-40-50(31-29-48-33-39-64(69-45-48)53-18-6-2-7-19-53)42-55(41-49)57-22-10-11-23-58(57)62-46-70-65(54-20-8-3-9-21-54)43-61(62)51-34-36-56(37-35-51)71-66-26-14-12-24-59(66)60-25-13-15-27-67(60)71/h1-27,32-46H,28-31H2. The molecule has 4 nitrogen and oxygen atoms in total. The molecule has 4 heterocycles. The lowest BCUT2D eigenvalue weighted by atomic mass is 9.88. The Balaban J connectivity index is 0.921. The van der Waals surface area contributed by atoms with Crippen LogP contribution in [0.5, 0.6) is 0 Å². The van der Waals surface area contributed by atoms with Crippen molar-refractivity contribution in [2.75, 3.05) is 0 Å². The van der Waals surface area contributed by atoms with Crippen LogP contribution in [0.25, 0.3) is 94.6 Å². The third kappa shape index (κ3) is 9.07. The van der Waals surface area contributed by atoms with Gasteiger partial charge in [0.1, 0.15) is 0 Å². The van der Waals surface area contributed by atoms with Gasteiger partial charge in [-0.05, 0) is 118 Å². The summed E-state index contributed by atoms with van der Waals surface area (Å²) in [7, 11) is 0. The number of hydrogen-bond donors (Lipinski definition) is 0. The Morgan fingerprint density at radius 2 is 0.718 bits per heavy atom. The van der Waals surface area contributed by atoms with E-state index in [0.29, 0.717) is 0 Å². The molecule has 0 aliphatic rings. The largest absolute Gasteiger partial charge is 0.309 e. The topological polar surface area (TPSA) is 43.6 Å². The molecular weight excluding hydrogens is 861 g/mol. The van der Waals surface area contributed by atoms with E-state index in [2.05, 4.69) is 235 Å². The molecule has 0 N–H and O–H groups in total. The molecule has 0 saturated heterocycles. The second-order valence-electron chi connectivity index (χ2n) is 18.3. The second-order valence-corrected chi connectivity index (χ2v) is 18.3. The van der Waals surface area contributed by atoms with Gasteiger partial charge in [-0.1, -0.05) is 194 Å². The third-order valence-corrected chi connectivity index (χ3v) is 13.8. The van der Waals surface area contributed by atoms with Crippen LogP contribution in [-0.2, 0) is 25.7 Å². The van der Waals surface area contributed by atoms with Crippen LogP contribution in [0.1, 0.15) is 22.3 Å². The number of rotatable bonds is 13. The van der Waals surface area contributed by atoms with Gasteiger partial charge in [0, 0.05) is 57.3 Å². The summed E-state index contributed by atoms with van der Waals surface area (Å²) >= 11 is 0. The van der Waals surface area contributed by atoms with Gasteiger partial charge < -0.3 is 4.57 Å². The Kier molecular flexibility index (Phi) is 11.9. The van der Waals surface area contributed by atoms with Crippen molar-refractivity contribution in [2.24, 2.45) is 0 Å². The lowest BCUT2D eigenvalue weighted by molar-refractivity contribution is 0.923. The second kappa shape index (κ2) is 19.6. The van der Waals surface area contributed by atoms with Crippen LogP contribution in [0.15, 0.2) is 255 Å². The van der Waals surface area contributed by atoms with Crippen LogP contribution in [-0.4, -0.2) is 19.5 Å². The van der Waals surface area contributed by atoms with E-state index < -0.39 is 0 Å². The van der Waals surface area contributed by atoms with Gasteiger partial charge >= 0.3 is 0 Å². The van der Waals surface area contributed by atoms with Gasteiger partial charge in [-0.3, -0.25) is 15.0 Å². The van der Waals surface area contributed by atoms with Crippen LogP contribution in [0.2, 0.25) is 0 Å². The summed E-state index contributed by atoms with van der Waals surface area (Å²) in [6.45, 7) is 0. The number of benzene rings is 8. The quantitative estimate of drug-likeness (QED) is 0.116. The maximum Gasteiger partial charge on any atom is 0.0708 e. The van der Waals surface area contributed by atoms with Crippen molar-refractivity contribution in [3.05, 3.63) is 277 Å². The molecular formula is C67H50N4. The summed E-state index contributed by atoms with van der Waals surface area (Å²) in [4.78, 5) is 14.9. The molecule has 8 aromatic carbocycles. The minimum atomic E-state index is 0.886. The zero-order valence-electron chi connectivity index (χ0n) is 39.4. The molecule has 0 saturated carbocycles. The molecule has 0 aliphatic heterocycles. The summed E-state index contributed by atoms with van der Waals surface area (Å²) in [5, 5.41) is 2.51. The van der Waals surface area contributed by atoms with Gasteiger partial charge in [-0.2, -0.15) is 0 Å². The minimum absolute atomic E-state index is 0.886. The monoisotopic (exact) mass is 910 g/mol. The first-order valence-corrected chi connectivity index (χ1v) is 24.6. The molecule has 4 aromatic heterocycles. The van der Waals surface area contributed by atoms with Gasteiger partial charge in [0.25, 0.3) is 0 Å². The molecule has 0 spiro atoms. The van der Waals surface area contributed by atoms with Gasteiger partial charge in [-0.15, -0.1) is 0 Å². The normalized spacial score (nSPS) is 11.3. The van der Waals surface area contributed by atoms with Gasteiger partial charge in [0.05, 0.1) is 28.1 Å². The predicted molar refractivity (Wildman–Crippen MR) is 294 cm³/mol. The number of aromatic nitrogens is 4. The molecule has 0 aliphatic carbocycles. The van der Waals surface area contributed by atoms with E-state index in [-0.39, 0.29) is 0 Å². The molecule has 0 radical (unpaired) electrons. The number of aryl methyl sites for hydroxylation is 4. The van der Waals surface area contributed by atoms with Crippen molar-refractivity contribution < 1.29 is 0 Å². The highest BCUT2D eigenvalue weighted by Crippen LogP contribution is 2.41. The maximum atomic E-state index is 5.17. The fourth-order valence-corrected chi connectivity index (χ4v) is 10.1. The van der Waals surface area contributed by atoms with Crippen LogP contribution in [0, 0.1) is 0 Å². The van der Waals surface area contributed by atoms with Crippen LogP contribution in [0.3, 0.4) is 0 Å². The number of nitrogens with zero attached hydrogens (tertiary/aromatic N) is 4. The molecule has 12 rings (SSSR count). The first-order chi connectivity index (χ1) is 35.2. The molecule has 0 unspecified atom stereocenters. The lowest BCUT2D eigenvalue weighted by Gasteiger charge is -2.18. The van der Waals surface area contributed by atoms with Crippen LogP contribution >= 0.6 is 0 Å². The Hall–Kier alpha value is -8.99. The van der Waals surface area contributed by atoms with Crippen molar-refractivity contribution in [2.45, 2.75) is 25.7 Å². The Morgan fingerprint density at radius 3 is 1.24 bits per heavy atom.